The Hall–Kier alpha value is -0.730. The summed E-state index contributed by atoms with van der Waals surface area (Å²) in [5.74, 6) is 0.362. The highest BCUT2D eigenvalue weighted by Crippen LogP contribution is 2.29. The lowest BCUT2D eigenvalue weighted by atomic mass is 9.96. The number of hydrogen-bond donors (Lipinski definition) is 2. The molecule has 13 heavy (non-hydrogen) atoms. The molecular formula is C10H15ClN2. The topological polar surface area (TPSA) is 52.0 Å². The highest BCUT2D eigenvalue weighted by molar-refractivity contribution is 6.33. The maximum absolute atomic E-state index is 5.97. The molecule has 0 bridgehead atoms. The van der Waals surface area contributed by atoms with Crippen molar-refractivity contribution < 1.29 is 0 Å². The molecular weight excluding hydrogens is 184 g/mol. The average molecular weight is 199 g/mol. The molecule has 1 atom stereocenters. The van der Waals surface area contributed by atoms with Gasteiger partial charge < -0.3 is 11.5 Å². The van der Waals surface area contributed by atoms with Crippen molar-refractivity contribution in [1.82, 2.24) is 0 Å². The molecule has 0 spiro atoms. The number of halogens is 1. The van der Waals surface area contributed by atoms with E-state index in [4.69, 9.17) is 23.1 Å². The van der Waals surface area contributed by atoms with Gasteiger partial charge in [0.15, 0.2) is 0 Å². The van der Waals surface area contributed by atoms with Crippen LogP contribution in [0.4, 0.5) is 5.69 Å². The molecule has 1 rings (SSSR count). The summed E-state index contributed by atoms with van der Waals surface area (Å²) in [5.41, 5.74) is 13.3. The number of rotatable bonds is 2. The van der Waals surface area contributed by atoms with Crippen molar-refractivity contribution in [1.29, 1.82) is 0 Å². The molecule has 0 aliphatic rings. The van der Waals surface area contributed by atoms with Crippen LogP contribution >= 0.6 is 11.6 Å². The van der Waals surface area contributed by atoms with E-state index in [0.29, 0.717) is 16.6 Å². The summed E-state index contributed by atoms with van der Waals surface area (Å²) in [4.78, 5) is 0. The second kappa shape index (κ2) is 3.99. The Kier molecular flexibility index (Phi) is 3.17. The van der Waals surface area contributed by atoms with Crippen molar-refractivity contribution in [3.05, 3.63) is 28.8 Å². The predicted octanol–water partition coefficient (Wildman–Crippen LogP) is 2.58. The Morgan fingerprint density at radius 2 is 1.92 bits per heavy atom. The molecule has 0 amide bonds. The van der Waals surface area contributed by atoms with Gasteiger partial charge in [-0.25, -0.2) is 0 Å². The van der Waals surface area contributed by atoms with Crippen LogP contribution in [-0.2, 0) is 0 Å². The molecule has 1 aromatic carbocycles. The van der Waals surface area contributed by atoms with Crippen LogP contribution in [0, 0.1) is 5.92 Å². The first-order valence-electron chi connectivity index (χ1n) is 4.33. The smallest absolute Gasteiger partial charge is 0.0638 e. The predicted molar refractivity (Wildman–Crippen MR) is 57.6 cm³/mol. The van der Waals surface area contributed by atoms with E-state index < -0.39 is 0 Å². The minimum Gasteiger partial charge on any atom is -0.397 e. The summed E-state index contributed by atoms with van der Waals surface area (Å²) in [6, 6.07) is 5.52. The maximum Gasteiger partial charge on any atom is 0.0638 e. The van der Waals surface area contributed by atoms with Crippen LogP contribution in [-0.4, -0.2) is 0 Å². The van der Waals surface area contributed by atoms with Gasteiger partial charge in [-0.1, -0.05) is 37.6 Å². The van der Waals surface area contributed by atoms with Crippen LogP contribution in [0.25, 0.3) is 0 Å². The molecule has 0 aliphatic carbocycles. The molecule has 3 heteroatoms. The fourth-order valence-corrected chi connectivity index (χ4v) is 1.39. The molecule has 1 aromatic rings. The molecule has 0 radical (unpaired) electrons. The molecule has 0 saturated carbocycles. The summed E-state index contributed by atoms with van der Waals surface area (Å²) in [6.07, 6.45) is 0. The van der Waals surface area contributed by atoms with Gasteiger partial charge in [0, 0.05) is 6.04 Å². The van der Waals surface area contributed by atoms with Crippen molar-refractivity contribution in [3.63, 3.8) is 0 Å². The first kappa shape index (κ1) is 10.4. The van der Waals surface area contributed by atoms with Crippen molar-refractivity contribution in [2.24, 2.45) is 11.7 Å². The fourth-order valence-electron chi connectivity index (χ4n) is 1.20. The van der Waals surface area contributed by atoms with Crippen LogP contribution in [0.1, 0.15) is 25.5 Å². The number of hydrogen-bond acceptors (Lipinski definition) is 2. The Morgan fingerprint density at radius 1 is 1.31 bits per heavy atom. The van der Waals surface area contributed by atoms with E-state index in [1.165, 1.54) is 0 Å². The lowest BCUT2D eigenvalue weighted by molar-refractivity contribution is 0.515. The zero-order chi connectivity index (χ0) is 10.0. The van der Waals surface area contributed by atoms with Gasteiger partial charge in [-0.3, -0.25) is 0 Å². The second-order valence-corrected chi connectivity index (χ2v) is 3.92. The van der Waals surface area contributed by atoms with Gasteiger partial charge in [0.1, 0.15) is 0 Å². The number of para-hydroxylation sites is 1. The molecule has 0 fully saturated rings. The van der Waals surface area contributed by atoms with Crippen molar-refractivity contribution >= 4 is 17.3 Å². The minimum atomic E-state index is -0.0429. The Morgan fingerprint density at radius 3 is 2.46 bits per heavy atom. The zero-order valence-electron chi connectivity index (χ0n) is 7.92. The monoisotopic (exact) mass is 198 g/mol. The van der Waals surface area contributed by atoms with Crippen molar-refractivity contribution in [2.75, 3.05) is 5.73 Å². The van der Waals surface area contributed by atoms with Gasteiger partial charge in [0.05, 0.1) is 10.7 Å². The second-order valence-electron chi connectivity index (χ2n) is 3.51. The quantitative estimate of drug-likeness (QED) is 0.718. The van der Waals surface area contributed by atoms with Crippen LogP contribution in [0.3, 0.4) is 0 Å². The molecule has 4 N–H and O–H groups in total. The SMILES string of the molecule is CC(C)[C@@H](N)c1cccc(Cl)c1N. The first-order valence-corrected chi connectivity index (χ1v) is 4.71. The van der Waals surface area contributed by atoms with Gasteiger partial charge in [0.2, 0.25) is 0 Å². The molecule has 0 heterocycles. The van der Waals surface area contributed by atoms with E-state index in [2.05, 4.69) is 13.8 Å². The normalized spacial score (nSPS) is 13.3. The Bertz CT molecular complexity index is 297. The first-order chi connectivity index (χ1) is 6.04. The fraction of sp³-hybridized carbons (Fsp3) is 0.400. The standard InChI is InChI=1S/C10H15ClN2/c1-6(2)9(12)7-4-3-5-8(11)10(7)13/h3-6,9H,12-13H2,1-2H3/t9-/m1/s1. The molecule has 0 saturated heterocycles. The molecule has 72 valence electrons. The van der Waals surface area contributed by atoms with Crippen molar-refractivity contribution in [3.8, 4) is 0 Å². The third kappa shape index (κ3) is 2.14. The maximum atomic E-state index is 5.97. The Labute approximate surface area is 83.9 Å². The van der Waals surface area contributed by atoms with Gasteiger partial charge >= 0.3 is 0 Å². The van der Waals surface area contributed by atoms with Gasteiger partial charge in [0.25, 0.3) is 0 Å². The third-order valence-electron chi connectivity index (χ3n) is 2.16. The number of nitrogens with two attached hydrogens (primary N) is 2. The van der Waals surface area contributed by atoms with Gasteiger partial charge in [-0.2, -0.15) is 0 Å². The van der Waals surface area contributed by atoms with E-state index in [-0.39, 0.29) is 6.04 Å². The number of anilines is 1. The summed E-state index contributed by atoms with van der Waals surface area (Å²) in [7, 11) is 0. The lowest BCUT2D eigenvalue weighted by Gasteiger charge is -2.18. The Balaban J connectivity index is 3.07. The van der Waals surface area contributed by atoms with E-state index in [1.54, 1.807) is 6.07 Å². The van der Waals surface area contributed by atoms with Crippen molar-refractivity contribution in [2.45, 2.75) is 19.9 Å². The van der Waals surface area contributed by atoms with E-state index >= 15 is 0 Å². The lowest BCUT2D eigenvalue weighted by Crippen LogP contribution is -2.18. The van der Waals surface area contributed by atoms with E-state index in [9.17, 15) is 0 Å². The summed E-state index contributed by atoms with van der Waals surface area (Å²) < 4.78 is 0. The molecule has 0 aromatic heterocycles. The summed E-state index contributed by atoms with van der Waals surface area (Å²) >= 11 is 5.88. The van der Waals surface area contributed by atoms with Crippen LogP contribution in [0.2, 0.25) is 5.02 Å². The molecule has 2 nitrogen and oxygen atoms in total. The molecule has 0 unspecified atom stereocenters. The summed E-state index contributed by atoms with van der Waals surface area (Å²) in [6.45, 7) is 4.12. The number of nitrogen functional groups attached to an aromatic ring is 1. The third-order valence-corrected chi connectivity index (χ3v) is 2.49. The minimum absolute atomic E-state index is 0.0429. The zero-order valence-corrected chi connectivity index (χ0v) is 8.68. The molecule has 0 aliphatic heterocycles. The van der Waals surface area contributed by atoms with Gasteiger partial charge in [-0.05, 0) is 17.5 Å². The largest absolute Gasteiger partial charge is 0.397 e. The highest BCUT2D eigenvalue weighted by Gasteiger charge is 2.14. The highest BCUT2D eigenvalue weighted by atomic mass is 35.5. The van der Waals surface area contributed by atoms with Gasteiger partial charge in [-0.15, -0.1) is 0 Å². The van der Waals surface area contributed by atoms with Crippen LogP contribution in [0.15, 0.2) is 18.2 Å². The van der Waals surface area contributed by atoms with E-state index in [1.807, 2.05) is 12.1 Å². The van der Waals surface area contributed by atoms with Crippen LogP contribution < -0.4 is 11.5 Å². The summed E-state index contributed by atoms with van der Waals surface area (Å²) in [5, 5.41) is 0.577. The van der Waals surface area contributed by atoms with Crippen LogP contribution in [0.5, 0.6) is 0 Å². The average Bonchev–Trinajstić information content (AvgIpc) is 2.08. The number of benzene rings is 1. The van der Waals surface area contributed by atoms with E-state index in [0.717, 1.165) is 5.56 Å².